The van der Waals surface area contributed by atoms with E-state index in [4.69, 9.17) is 0 Å². The van der Waals surface area contributed by atoms with Crippen molar-refractivity contribution in [3.8, 4) is 0 Å². The molecule has 0 atom stereocenters. The third-order valence-electron chi connectivity index (χ3n) is 3.82. The van der Waals surface area contributed by atoms with E-state index >= 15 is 0 Å². The molecule has 1 aliphatic rings. The van der Waals surface area contributed by atoms with Gasteiger partial charge in [0.05, 0.1) is 7.05 Å². The van der Waals surface area contributed by atoms with Gasteiger partial charge in [-0.15, -0.1) is 0 Å². The first kappa shape index (κ1) is 14.1. The number of aromatic nitrogens is 1. The lowest BCUT2D eigenvalue weighted by Crippen LogP contribution is -2.17. The summed E-state index contributed by atoms with van der Waals surface area (Å²) in [5.74, 6) is -0.473. The Bertz CT molecular complexity index is 751. The molecule has 1 aliphatic heterocycles. The molecule has 1 aromatic heterocycles. The topological polar surface area (TPSA) is 89.2 Å². The number of hydrogen-bond acceptors (Lipinski definition) is 4. The number of rotatable bonds is 3. The number of nitrogens with zero attached hydrogens (tertiary/aromatic N) is 2. The molecule has 0 spiro atoms. The van der Waals surface area contributed by atoms with Crippen LogP contribution < -0.4 is 10.6 Å². The highest BCUT2D eigenvalue weighted by molar-refractivity contribution is 6.03. The molecule has 0 fully saturated rings. The summed E-state index contributed by atoms with van der Waals surface area (Å²) >= 11 is 0. The van der Waals surface area contributed by atoms with Gasteiger partial charge in [0.1, 0.15) is 0 Å². The van der Waals surface area contributed by atoms with Crippen molar-refractivity contribution in [2.75, 3.05) is 17.2 Å². The second-order valence-corrected chi connectivity index (χ2v) is 5.25. The Morgan fingerprint density at radius 1 is 1.36 bits per heavy atom. The summed E-state index contributed by atoms with van der Waals surface area (Å²) in [7, 11) is 1.50. The summed E-state index contributed by atoms with van der Waals surface area (Å²) in [6, 6.07) is 8.49. The van der Waals surface area contributed by atoms with Gasteiger partial charge >= 0.3 is 5.82 Å². The van der Waals surface area contributed by atoms with Crippen molar-refractivity contribution in [2.24, 2.45) is 7.05 Å². The number of aryl methyl sites for hydroxylation is 1. The minimum absolute atomic E-state index is 0.111. The second-order valence-electron chi connectivity index (χ2n) is 5.25. The van der Waals surface area contributed by atoms with Gasteiger partial charge in [-0.2, -0.15) is 0 Å². The quantitative estimate of drug-likeness (QED) is 0.673. The second kappa shape index (κ2) is 5.51. The summed E-state index contributed by atoms with van der Waals surface area (Å²) in [4.78, 5) is 22.6. The number of nitro groups is 1. The molecule has 7 nitrogen and oxygen atoms in total. The smallest absolute Gasteiger partial charge is 0.323 e. The number of fused-ring (bicyclic) bond motifs is 1. The summed E-state index contributed by atoms with van der Waals surface area (Å²) < 4.78 is 1.27. The van der Waals surface area contributed by atoms with Crippen molar-refractivity contribution < 1.29 is 9.72 Å². The predicted molar refractivity (Wildman–Crippen MR) is 83.3 cm³/mol. The maximum Gasteiger partial charge on any atom is 0.323 e. The number of benzene rings is 1. The van der Waals surface area contributed by atoms with Crippen LogP contribution in [0, 0.1) is 10.1 Å². The first-order valence-corrected chi connectivity index (χ1v) is 7.04. The van der Waals surface area contributed by atoms with Gasteiger partial charge in [0, 0.05) is 24.0 Å². The average molecular weight is 300 g/mol. The molecule has 22 heavy (non-hydrogen) atoms. The molecule has 0 unspecified atom stereocenters. The normalized spacial score (nSPS) is 13.1. The van der Waals surface area contributed by atoms with E-state index in [0.29, 0.717) is 5.69 Å². The molecule has 0 radical (unpaired) electrons. The summed E-state index contributed by atoms with van der Waals surface area (Å²) in [5.41, 5.74) is 3.21. The molecular weight excluding hydrogens is 284 g/mol. The van der Waals surface area contributed by atoms with Crippen molar-refractivity contribution in [2.45, 2.75) is 12.8 Å². The van der Waals surface area contributed by atoms with Gasteiger partial charge in [-0.3, -0.25) is 4.79 Å². The molecular formula is C15H16N4O3. The molecule has 2 heterocycles. The predicted octanol–water partition coefficient (Wildman–Crippen LogP) is 2.54. The zero-order valence-corrected chi connectivity index (χ0v) is 12.1. The average Bonchev–Trinajstić information content (AvgIpc) is 2.89. The molecule has 0 saturated carbocycles. The first-order valence-electron chi connectivity index (χ1n) is 7.04. The Morgan fingerprint density at radius 2 is 2.18 bits per heavy atom. The molecule has 0 bridgehead atoms. The molecule has 2 N–H and O–H groups in total. The van der Waals surface area contributed by atoms with Crippen LogP contribution >= 0.6 is 0 Å². The highest BCUT2D eigenvalue weighted by Crippen LogP contribution is 2.25. The third kappa shape index (κ3) is 2.52. The highest BCUT2D eigenvalue weighted by atomic mass is 16.6. The fraction of sp³-hybridized carbons (Fsp3) is 0.267. The van der Waals surface area contributed by atoms with Crippen molar-refractivity contribution in [1.29, 1.82) is 0 Å². The van der Waals surface area contributed by atoms with Crippen LogP contribution in [0.3, 0.4) is 0 Å². The molecule has 2 aromatic rings. The van der Waals surface area contributed by atoms with Gasteiger partial charge in [-0.05, 0) is 47.6 Å². The molecule has 1 amide bonds. The zero-order valence-electron chi connectivity index (χ0n) is 12.1. The highest BCUT2D eigenvalue weighted by Gasteiger charge is 2.21. The van der Waals surface area contributed by atoms with Crippen molar-refractivity contribution in [1.82, 2.24) is 4.57 Å². The number of nitrogens with one attached hydrogen (secondary N) is 2. The summed E-state index contributed by atoms with van der Waals surface area (Å²) in [6.45, 7) is 0.964. The number of hydrogen-bond donors (Lipinski definition) is 2. The maximum atomic E-state index is 12.3. The van der Waals surface area contributed by atoms with Crippen LogP contribution in [0.4, 0.5) is 17.2 Å². The van der Waals surface area contributed by atoms with E-state index in [1.165, 1.54) is 29.3 Å². The number of carbonyl (C=O) groups is 1. The standard InChI is InChI=1S/C15H16N4O3/c1-18-13(6-7-14(18)19(21)22)15(20)17-11-4-5-12-10(9-11)3-2-8-16-12/h4-7,9,16H,2-3,8H2,1H3,(H,17,20). The lowest BCUT2D eigenvalue weighted by molar-refractivity contribution is -0.391. The molecule has 0 aliphatic carbocycles. The van der Waals surface area contributed by atoms with Gasteiger partial charge in [0.2, 0.25) is 0 Å². The van der Waals surface area contributed by atoms with E-state index in [1.54, 1.807) is 0 Å². The minimum atomic E-state index is -0.513. The lowest BCUT2D eigenvalue weighted by Gasteiger charge is -2.18. The lowest BCUT2D eigenvalue weighted by atomic mass is 10.0. The van der Waals surface area contributed by atoms with E-state index in [0.717, 1.165) is 25.1 Å². The molecule has 1 aromatic carbocycles. The van der Waals surface area contributed by atoms with Gasteiger partial charge in [-0.1, -0.05) is 0 Å². The van der Waals surface area contributed by atoms with Crippen molar-refractivity contribution in [3.05, 3.63) is 51.7 Å². The Kier molecular flexibility index (Phi) is 3.54. The van der Waals surface area contributed by atoms with E-state index < -0.39 is 4.92 Å². The molecule has 0 saturated heterocycles. The largest absolute Gasteiger partial charge is 0.385 e. The third-order valence-corrected chi connectivity index (χ3v) is 3.82. The van der Waals surface area contributed by atoms with E-state index in [1.807, 2.05) is 18.2 Å². The SMILES string of the molecule is Cn1c(C(=O)Nc2ccc3c(c2)CCCN3)ccc1[N+](=O)[O-]. The van der Waals surface area contributed by atoms with Crippen LogP contribution in [0.1, 0.15) is 22.5 Å². The number of anilines is 2. The van der Waals surface area contributed by atoms with Gasteiger partial charge < -0.3 is 20.7 Å². The Balaban J connectivity index is 1.81. The van der Waals surface area contributed by atoms with E-state index in [9.17, 15) is 14.9 Å². The van der Waals surface area contributed by atoms with Crippen LogP contribution in [0.25, 0.3) is 0 Å². The molecule has 114 valence electrons. The van der Waals surface area contributed by atoms with Crippen LogP contribution in [0.5, 0.6) is 0 Å². The summed E-state index contributed by atoms with van der Waals surface area (Å²) in [6.07, 6.45) is 2.04. The number of carbonyl (C=O) groups excluding carboxylic acids is 1. The van der Waals surface area contributed by atoms with E-state index in [2.05, 4.69) is 10.6 Å². The van der Waals surface area contributed by atoms with E-state index in [-0.39, 0.29) is 17.4 Å². The van der Waals surface area contributed by atoms with Crippen molar-refractivity contribution in [3.63, 3.8) is 0 Å². The van der Waals surface area contributed by atoms with Crippen LogP contribution in [-0.2, 0) is 13.5 Å². The molecule has 7 heteroatoms. The number of amides is 1. The van der Waals surface area contributed by atoms with Gasteiger partial charge in [-0.25, -0.2) is 4.57 Å². The van der Waals surface area contributed by atoms with Crippen LogP contribution in [0.2, 0.25) is 0 Å². The Morgan fingerprint density at radius 3 is 2.91 bits per heavy atom. The maximum absolute atomic E-state index is 12.3. The fourth-order valence-corrected chi connectivity index (χ4v) is 2.66. The zero-order chi connectivity index (χ0) is 15.7. The Labute approximate surface area is 127 Å². The fourth-order valence-electron chi connectivity index (χ4n) is 2.66. The minimum Gasteiger partial charge on any atom is -0.385 e. The van der Waals surface area contributed by atoms with Gasteiger partial charge in [0.25, 0.3) is 5.91 Å². The Hall–Kier alpha value is -2.83. The van der Waals surface area contributed by atoms with Crippen LogP contribution in [-0.4, -0.2) is 21.9 Å². The first-order chi connectivity index (χ1) is 10.6. The monoisotopic (exact) mass is 300 g/mol. The van der Waals surface area contributed by atoms with Crippen LogP contribution in [0.15, 0.2) is 30.3 Å². The molecule has 3 rings (SSSR count). The van der Waals surface area contributed by atoms with Gasteiger partial charge in [0.15, 0.2) is 5.69 Å². The van der Waals surface area contributed by atoms with Crippen molar-refractivity contribution >= 4 is 23.1 Å². The summed E-state index contributed by atoms with van der Waals surface area (Å²) in [5, 5.41) is 16.9.